The van der Waals surface area contributed by atoms with Crippen molar-refractivity contribution in [1.82, 2.24) is 5.32 Å². The molecule has 24 heavy (non-hydrogen) atoms. The van der Waals surface area contributed by atoms with Gasteiger partial charge in [-0.15, -0.1) is 12.4 Å². The minimum atomic E-state index is 0. The maximum absolute atomic E-state index is 12.2. The Morgan fingerprint density at radius 3 is 2.42 bits per heavy atom. The molecule has 1 saturated heterocycles. The average Bonchev–Trinajstić information content (AvgIpc) is 2.59. The summed E-state index contributed by atoms with van der Waals surface area (Å²) in [5.41, 5.74) is 0.844. The number of carbonyl (C=O) groups is 1. The number of amides is 1. The number of hydrogen-bond acceptors (Lipinski definition) is 3. The molecule has 0 radical (unpaired) electrons. The molecular formula is C18H20Cl2N2OS. The summed E-state index contributed by atoms with van der Waals surface area (Å²) in [5.74, 6) is 0.242. The summed E-state index contributed by atoms with van der Waals surface area (Å²) < 4.78 is 0. The third-order valence-corrected chi connectivity index (χ3v) is 5.42. The van der Waals surface area contributed by atoms with Crippen LogP contribution in [-0.2, 0) is 4.79 Å². The van der Waals surface area contributed by atoms with Crippen LogP contribution >= 0.6 is 35.8 Å². The van der Waals surface area contributed by atoms with Crippen LogP contribution in [0.15, 0.2) is 58.3 Å². The van der Waals surface area contributed by atoms with Crippen molar-refractivity contribution in [3.63, 3.8) is 0 Å². The first-order valence-electron chi connectivity index (χ1n) is 7.76. The van der Waals surface area contributed by atoms with Gasteiger partial charge < -0.3 is 10.6 Å². The number of carbonyl (C=O) groups excluding carboxylic acids is 1. The van der Waals surface area contributed by atoms with Crippen molar-refractivity contribution in [2.75, 3.05) is 18.4 Å². The maximum Gasteiger partial charge on any atom is 0.227 e. The third-order valence-electron chi connectivity index (χ3n) is 3.90. The number of nitrogens with one attached hydrogen (secondary N) is 2. The highest BCUT2D eigenvalue weighted by molar-refractivity contribution is 7.99. The second-order valence-corrected chi connectivity index (χ2v) is 7.09. The first-order valence-corrected chi connectivity index (χ1v) is 8.96. The summed E-state index contributed by atoms with van der Waals surface area (Å²) >= 11 is 7.79. The van der Waals surface area contributed by atoms with Crippen LogP contribution in [0, 0.1) is 5.92 Å². The lowest BCUT2D eigenvalue weighted by Crippen LogP contribution is -2.34. The van der Waals surface area contributed by atoms with E-state index in [0.29, 0.717) is 0 Å². The largest absolute Gasteiger partial charge is 0.326 e. The van der Waals surface area contributed by atoms with Gasteiger partial charge in [-0.3, -0.25) is 4.79 Å². The first-order chi connectivity index (χ1) is 11.2. The fourth-order valence-electron chi connectivity index (χ4n) is 2.59. The Hall–Kier alpha value is -1.20. The van der Waals surface area contributed by atoms with E-state index in [4.69, 9.17) is 11.6 Å². The molecule has 1 amide bonds. The van der Waals surface area contributed by atoms with Gasteiger partial charge in [-0.05, 0) is 62.3 Å². The van der Waals surface area contributed by atoms with E-state index in [1.807, 2.05) is 48.5 Å². The SMILES string of the molecule is Cl.O=C(Nc1ccc(Sc2ccccc2Cl)cc1)C1CCNCC1. The molecule has 2 aromatic rings. The van der Waals surface area contributed by atoms with Gasteiger partial charge in [0.05, 0.1) is 5.02 Å². The summed E-state index contributed by atoms with van der Waals surface area (Å²) in [6.07, 6.45) is 1.82. The molecule has 2 aromatic carbocycles. The van der Waals surface area contributed by atoms with E-state index in [1.54, 1.807) is 11.8 Å². The molecule has 0 spiro atoms. The molecule has 3 nitrogen and oxygen atoms in total. The van der Waals surface area contributed by atoms with Crippen molar-refractivity contribution in [2.24, 2.45) is 5.92 Å². The zero-order valence-corrected chi connectivity index (χ0v) is 15.5. The highest BCUT2D eigenvalue weighted by Gasteiger charge is 2.20. The number of hydrogen-bond donors (Lipinski definition) is 2. The quantitative estimate of drug-likeness (QED) is 0.793. The van der Waals surface area contributed by atoms with Crippen molar-refractivity contribution < 1.29 is 4.79 Å². The van der Waals surface area contributed by atoms with E-state index in [2.05, 4.69) is 10.6 Å². The summed E-state index contributed by atoms with van der Waals surface area (Å²) in [5, 5.41) is 7.04. The van der Waals surface area contributed by atoms with E-state index in [0.717, 1.165) is 46.4 Å². The standard InChI is InChI=1S/C18H19ClN2OS.ClH/c19-16-3-1-2-4-17(16)23-15-7-5-14(6-8-15)21-18(22)13-9-11-20-12-10-13;/h1-8,13,20H,9-12H2,(H,21,22);1H. The number of halogens is 2. The van der Waals surface area contributed by atoms with Gasteiger partial charge in [-0.1, -0.05) is 35.5 Å². The highest BCUT2D eigenvalue weighted by Crippen LogP contribution is 2.33. The summed E-state index contributed by atoms with van der Waals surface area (Å²) in [6, 6.07) is 15.7. The van der Waals surface area contributed by atoms with Gasteiger partial charge in [-0.25, -0.2) is 0 Å². The smallest absolute Gasteiger partial charge is 0.227 e. The highest BCUT2D eigenvalue weighted by atomic mass is 35.5. The van der Waals surface area contributed by atoms with Crippen molar-refractivity contribution in [2.45, 2.75) is 22.6 Å². The van der Waals surface area contributed by atoms with E-state index >= 15 is 0 Å². The monoisotopic (exact) mass is 382 g/mol. The second-order valence-electron chi connectivity index (χ2n) is 5.57. The minimum absolute atomic E-state index is 0. The van der Waals surface area contributed by atoms with Crippen LogP contribution in [0.2, 0.25) is 5.02 Å². The zero-order chi connectivity index (χ0) is 16.1. The molecule has 0 atom stereocenters. The molecule has 6 heteroatoms. The predicted octanol–water partition coefficient (Wildman–Crippen LogP) is 4.85. The third kappa shape index (κ3) is 5.15. The molecule has 0 aromatic heterocycles. The van der Waals surface area contributed by atoms with Gasteiger partial charge in [0.1, 0.15) is 0 Å². The number of rotatable bonds is 4. The topological polar surface area (TPSA) is 41.1 Å². The zero-order valence-electron chi connectivity index (χ0n) is 13.1. The molecule has 1 aliphatic rings. The Bertz CT molecular complexity index is 673. The fraction of sp³-hybridized carbons (Fsp3) is 0.278. The average molecular weight is 383 g/mol. The Balaban J connectivity index is 0.00000208. The van der Waals surface area contributed by atoms with E-state index in [9.17, 15) is 4.79 Å². The molecule has 1 fully saturated rings. The van der Waals surface area contributed by atoms with Crippen molar-refractivity contribution in [3.8, 4) is 0 Å². The van der Waals surface area contributed by atoms with Crippen LogP contribution in [0.5, 0.6) is 0 Å². The summed E-state index contributed by atoms with van der Waals surface area (Å²) in [7, 11) is 0. The molecule has 0 aliphatic carbocycles. The van der Waals surface area contributed by atoms with Crippen molar-refractivity contribution in [1.29, 1.82) is 0 Å². The molecule has 0 unspecified atom stereocenters. The minimum Gasteiger partial charge on any atom is -0.326 e. The molecule has 0 bridgehead atoms. The van der Waals surface area contributed by atoms with Gasteiger partial charge in [0.15, 0.2) is 0 Å². The maximum atomic E-state index is 12.2. The summed E-state index contributed by atoms with van der Waals surface area (Å²) in [6.45, 7) is 1.84. The number of piperidine rings is 1. The Kier molecular flexibility index (Phi) is 7.43. The normalized spacial score (nSPS) is 14.7. The van der Waals surface area contributed by atoms with Gasteiger partial charge >= 0.3 is 0 Å². The lowest BCUT2D eigenvalue weighted by molar-refractivity contribution is -0.120. The predicted molar refractivity (Wildman–Crippen MR) is 103 cm³/mol. The van der Waals surface area contributed by atoms with Gasteiger partial charge in [-0.2, -0.15) is 0 Å². The molecule has 128 valence electrons. The lowest BCUT2D eigenvalue weighted by Gasteiger charge is -2.21. The summed E-state index contributed by atoms with van der Waals surface area (Å²) in [4.78, 5) is 14.4. The van der Waals surface area contributed by atoms with E-state index < -0.39 is 0 Å². The number of benzene rings is 2. The molecule has 3 rings (SSSR count). The van der Waals surface area contributed by atoms with Gasteiger partial charge in [0, 0.05) is 21.4 Å². The van der Waals surface area contributed by atoms with Crippen LogP contribution in [0.4, 0.5) is 5.69 Å². The number of anilines is 1. The molecule has 1 aliphatic heterocycles. The molecule has 2 N–H and O–H groups in total. The van der Waals surface area contributed by atoms with Crippen LogP contribution in [-0.4, -0.2) is 19.0 Å². The second kappa shape index (κ2) is 9.33. The van der Waals surface area contributed by atoms with Crippen LogP contribution in [0.25, 0.3) is 0 Å². The van der Waals surface area contributed by atoms with Crippen molar-refractivity contribution >= 4 is 47.4 Å². The van der Waals surface area contributed by atoms with Crippen LogP contribution in [0.1, 0.15) is 12.8 Å². The Morgan fingerprint density at radius 2 is 1.75 bits per heavy atom. The van der Waals surface area contributed by atoms with Crippen LogP contribution in [0.3, 0.4) is 0 Å². The van der Waals surface area contributed by atoms with Gasteiger partial charge in [0.25, 0.3) is 0 Å². The van der Waals surface area contributed by atoms with E-state index in [1.165, 1.54) is 0 Å². The van der Waals surface area contributed by atoms with Crippen LogP contribution < -0.4 is 10.6 Å². The Labute approximate surface area is 158 Å². The van der Waals surface area contributed by atoms with E-state index in [-0.39, 0.29) is 24.2 Å². The van der Waals surface area contributed by atoms with Gasteiger partial charge in [0.2, 0.25) is 5.91 Å². The first kappa shape index (κ1) is 19.1. The fourth-order valence-corrected chi connectivity index (χ4v) is 3.68. The molecule has 0 saturated carbocycles. The lowest BCUT2D eigenvalue weighted by atomic mass is 9.97. The Morgan fingerprint density at radius 1 is 1.08 bits per heavy atom. The van der Waals surface area contributed by atoms with Crippen molar-refractivity contribution in [3.05, 3.63) is 53.6 Å². The molecule has 1 heterocycles. The molecular weight excluding hydrogens is 363 g/mol.